The summed E-state index contributed by atoms with van der Waals surface area (Å²) in [6.07, 6.45) is 4.10. The second kappa shape index (κ2) is 6.61. The predicted octanol–water partition coefficient (Wildman–Crippen LogP) is 5.34. The molecule has 114 valence electrons. The van der Waals surface area contributed by atoms with E-state index in [-0.39, 0.29) is 5.97 Å². The third-order valence-electron chi connectivity index (χ3n) is 3.14. The minimum absolute atomic E-state index is 0.291. The molecule has 0 aliphatic heterocycles. The third-order valence-corrected chi connectivity index (χ3v) is 3.14. The zero-order valence-corrected chi connectivity index (χ0v) is 13.6. The molecule has 0 saturated heterocycles. The Bertz CT molecular complexity index is 674. The largest absolute Gasteiger partial charge is 0.456 e. The van der Waals surface area contributed by atoms with Crippen molar-refractivity contribution in [3.05, 3.63) is 65.7 Å². The lowest BCUT2D eigenvalue weighted by Gasteiger charge is -2.19. The molecule has 2 nitrogen and oxygen atoms in total. The van der Waals surface area contributed by atoms with E-state index in [0.717, 1.165) is 16.7 Å². The molecular formula is C20H22O2. The number of carbonyl (C=O) groups is 1. The predicted molar refractivity (Wildman–Crippen MR) is 91.8 cm³/mol. The molecule has 0 spiro atoms. The van der Waals surface area contributed by atoms with Crippen molar-refractivity contribution < 1.29 is 9.53 Å². The maximum Gasteiger partial charge on any atom is 0.338 e. The van der Waals surface area contributed by atoms with Gasteiger partial charge in [-0.25, -0.2) is 4.79 Å². The van der Waals surface area contributed by atoms with Crippen molar-refractivity contribution in [3.63, 3.8) is 0 Å². The number of allylic oxidation sites excluding steroid dienone is 1. The summed E-state index contributed by atoms with van der Waals surface area (Å²) in [7, 11) is 0. The van der Waals surface area contributed by atoms with E-state index in [1.807, 2.05) is 70.2 Å². The Morgan fingerprint density at radius 1 is 1.00 bits per heavy atom. The van der Waals surface area contributed by atoms with Crippen LogP contribution in [0, 0.1) is 0 Å². The first kappa shape index (κ1) is 16.0. The van der Waals surface area contributed by atoms with Crippen LogP contribution in [0.4, 0.5) is 0 Å². The molecule has 0 radical (unpaired) electrons. The van der Waals surface area contributed by atoms with Crippen molar-refractivity contribution in [1.29, 1.82) is 0 Å². The van der Waals surface area contributed by atoms with Gasteiger partial charge in [0.15, 0.2) is 0 Å². The lowest BCUT2D eigenvalue weighted by Crippen LogP contribution is -2.23. The molecule has 0 aliphatic carbocycles. The van der Waals surface area contributed by atoms with Gasteiger partial charge in [0.25, 0.3) is 0 Å². The van der Waals surface area contributed by atoms with E-state index in [1.165, 1.54) is 0 Å². The molecule has 2 rings (SSSR count). The quantitative estimate of drug-likeness (QED) is 0.714. The molecule has 22 heavy (non-hydrogen) atoms. The lowest BCUT2D eigenvalue weighted by molar-refractivity contribution is 0.00696. The maximum atomic E-state index is 12.0. The van der Waals surface area contributed by atoms with Crippen molar-refractivity contribution in [2.24, 2.45) is 0 Å². The molecular weight excluding hydrogens is 272 g/mol. The second-order valence-electron chi connectivity index (χ2n) is 6.17. The molecule has 0 aromatic heterocycles. The highest BCUT2D eigenvalue weighted by Crippen LogP contribution is 2.25. The Balaban J connectivity index is 2.28. The third kappa shape index (κ3) is 4.08. The second-order valence-corrected chi connectivity index (χ2v) is 6.17. The number of ether oxygens (including phenoxy) is 1. The van der Waals surface area contributed by atoms with Gasteiger partial charge in [-0.1, -0.05) is 48.6 Å². The van der Waals surface area contributed by atoms with Crippen LogP contribution in [0.25, 0.3) is 17.2 Å². The van der Waals surface area contributed by atoms with Gasteiger partial charge in [0.1, 0.15) is 5.60 Å². The Morgan fingerprint density at radius 3 is 2.23 bits per heavy atom. The Hall–Kier alpha value is -2.35. The number of esters is 1. The standard InChI is InChI=1S/C20H22O2/c1-5-8-15-9-6-7-10-18(15)16-11-13-17(14-12-16)19(21)22-20(2,3)4/h5-14H,1-4H3. The van der Waals surface area contributed by atoms with Gasteiger partial charge in [0, 0.05) is 0 Å². The van der Waals surface area contributed by atoms with Crippen LogP contribution in [-0.2, 0) is 4.74 Å². The monoisotopic (exact) mass is 294 g/mol. The number of rotatable bonds is 3. The highest BCUT2D eigenvalue weighted by Gasteiger charge is 2.17. The first-order valence-corrected chi connectivity index (χ1v) is 7.46. The topological polar surface area (TPSA) is 26.3 Å². The molecule has 0 N–H and O–H groups in total. The van der Waals surface area contributed by atoms with E-state index in [0.29, 0.717) is 5.56 Å². The SMILES string of the molecule is CC=Cc1ccccc1-c1ccc(C(=O)OC(C)(C)C)cc1. The zero-order valence-electron chi connectivity index (χ0n) is 13.6. The fourth-order valence-corrected chi connectivity index (χ4v) is 2.21. The summed E-state index contributed by atoms with van der Waals surface area (Å²) >= 11 is 0. The van der Waals surface area contributed by atoms with Crippen LogP contribution in [0.2, 0.25) is 0 Å². The number of benzene rings is 2. The van der Waals surface area contributed by atoms with E-state index >= 15 is 0 Å². The molecule has 0 saturated carbocycles. The molecule has 0 bridgehead atoms. The Morgan fingerprint density at radius 2 is 1.64 bits per heavy atom. The summed E-state index contributed by atoms with van der Waals surface area (Å²) in [4.78, 5) is 12.0. The summed E-state index contributed by atoms with van der Waals surface area (Å²) in [5.74, 6) is -0.291. The van der Waals surface area contributed by atoms with Gasteiger partial charge in [0.2, 0.25) is 0 Å². The van der Waals surface area contributed by atoms with E-state index in [1.54, 1.807) is 0 Å². The Kier molecular flexibility index (Phi) is 4.81. The van der Waals surface area contributed by atoms with Crippen LogP contribution in [-0.4, -0.2) is 11.6 Å². The van der Waals surface area contributed by atoms with Crippen LogP contribution < -0.4 is 0 Å². The molecule has 2 aromatic carbocycles. The summed E-state index contributed by atoms with van der Waals surface area (Å²) in [5.41, 5.74) is 3.49. The number of hydrogen-bond donors (Lipinski definition) is 0. The van der Waals surface area contributed by atoms with Gasteiger partial charge in [0.05, 0.1) is 5.56 Å². The van der Waals surface area contributed by atoms with Crippen LogP contribution in [0.1, 0.15) is 43.6 Å². The van der Waals surface area contributed by atoms with Gasteiger partial charge in [-0.15, -0.1) is 0 Å². The van der Waals surface area contributed by atoms with Gasteiger partial charge >= 0.3 is 5.97 Å². The van der Waals surface area contributed by atoms with Gasteiger partial charge in [-0.3, -0.25) is 0 Å². The van der Waals surface area contributed by atoms with Crippen molar-refractivity contribution in [2.75, 3.05) is 0 Å². The zero-order chi connectivity index (χ0) is 16.2. The van der Waals surface area contributed by atoms with Gasteiger partial charge in [-0.2, -0.15) is 0 Å². The lowest BCUT2D eigenvalue weighted by atomic mass is 9.98. The molecule has 0 fully saturated rings. The molecule has 0 unspecified atom stereocenters. The molecule has 2 aromatic rings. The van der Waals surface area contributed by atoms with Gasteiger partial charge < -0.3 is 4.74 Å². The summed E-state index contributed by atoms with van der Waals surface area (Å²) in [5, 5.41) is 0. The molecule has 2 heteroatoms. The van der Waals surface area contributed by atoms with E-state index in [4.69, 9.17) is 4.74 Å². The minimum atomic E-state index is -0.478. The average molecular weight is 294 g/mol. The molecule has 0 heterocycles. The van der Waals surface area contributed by atoms with Crippen LogP contribution in [0.5, 0.6) is 0 Å². The summed E-state index contributed by atoms with van der Waals surface area (Å²) < 4.78 is 5.38. The highest BCUT2D eigenvalue weighted by atomic mass is 16.6. The van der Waals surface area contributed by atoms with Crippen LogP contribution >= 0.6 is 0 Å². The first-order chi connectivity index (χ1) is 10.4. The smallest absolute Gasteiger partial charge is 0.338 e. The summed E-state index contributed by atoms with van der Waals surface area (Å²) in [6.45, 7) is 7.61. The van der Waals surface area contributed by atoms with Crippen LogP contribution in [0.15, 0.2) is 54.6 Å². The maximum absolute atomic E-state index is 12.0. The molecule has 0 atom stereocenters. The minimum Gasteiger partial charge on any atom is -0.456 e. The number of hydrogen-bond acceptors (Lipinski definition) is 2. The van der Waals surface area contributed by atoms with Crippen molar-refractivity contribution in [3.8, 4) is 11.1 Å². The fourth-order valence-electron chi connectivity index (χ4n) is 2.21. The Labute approximate surface area is 132 Å². The van der Waals surface area contributed by atoms with E-state index in [9.17, 15) is 4.79 Å². The normalized spacial score (nSPS) is 11.6. The van der Waals surface area contributed by atoms with Crippen LogP contribution in [0.3, 0.4) is 0 Å². The molecule has 0 amide bonds. The molecule has 0 aliphatic rings. The van der Waals surface area contributed by atoms with E-state index in [2.05, 4.69) is 18.2 Å². The number of carbonyl (C=O) groups excluding carboxylic acids is 1. The summed E-state index contributed by atoms with van der Waals surface area (Å²) in [6, 6.07) is 15.8. The van der Waals surface area contributed by atoms with Crippen molar-refractivity contribution in [1.82, 2.24) is 0 Å². The van der Waals surface area contributed by atoms with Crippen molar-refractivity contribution in [2.45, 2.75) is 33.3 Å². The average Bonchev–Trinajstić information content (AvgIpc) is 2.47. The van der Waals surface area contributed by atoms with E-state index < -0.39 is 5.60 Å². The first-order valence-electron chi connectivity index (χ1n) is 7.46. The highest BCUT2D eigenvalue weighted by molar-refractivity contribution is 5.90. The fraction of sp³-hybridized carbons (Fsp3) is 0.250. The van der Waals surface area contributed by atoms with Gasteiger partial charge in [-0.05, 0) is 56.5 Å². The van der Waals surface area contributed by atoms with Crippen molar-refractivity contribution >= 4 is 12.0 Å².